The number of carbonyl (C=O) groups is 4. The van der Waals surface area contributed by atoms with E-state index >= 15 is 0 Å². The maximum Gasteiger partial charge on any atom is 0.322 e. The third kappa shape index (κ3) is 3.92. The lowest BCUT2D eigenvalue weighted by molar-refractivity contribution is -0.125. The van der Waals surface area contributed by atoms with Gasteiger partial charge in [-0.15, -0.1) is 0 Å². The van der Waals surface area contributed by atoms with Crippen LogP contribution in [-0.4, -0.2) is 42.2 Å². The van der Waals surface area contributed by atoms with Crippen molar-refractivity contribution in [3.8, 4) is 5.75 Å². The van der Waals surface area contributed by atoms with Crippen molar-refractivity contribution >= 4 is 34.6 Å². The summed E-state index contributed by atoms with van der Waals surface area (Å²) in [5.74, 6) is 0.0693. The first kappa shape index (κ1) is 22.6. The number of furan rings is 1. The molecule has 0 radical (unpaired) electrons. The zero-order valence-corrected chi connectivity index (χ0v) is 19.5. The van der Waals surface area contributed by atoms with E-state index in [-0.39, 0.29) is 30.5 Å². The number of ketones is 1. The predicted octanol–water partition coefficient (Wildman–Crippen LogP) is 3.04. The van der Waals surface area contributed by atoms with Crippen molar-refractivity contribution in [2.75, 3.05) is 13.7 Å². The zero-order valence-electron chi connectivity index (χ0n) is 19.5. The molecule has 2 aliphatic heterocycles. The van der Waals surface area contributed by atoms with Crippen LogP contribution in [0.5, 0.6) is 5.75 Å². The van der Waals surface area contributed by atoms with Crippen LogP contribution in [0.1, 0.15) is 47.0 Å². The molecule has 3 heterocycles. The van der Waals surface area contributed by atoms with Gasteiger partial charge in [-0.25, -0.2) is 4.79 Å². The molecule has 3 aromatic rings. The van der Waals surface area contributed by atoms with Crippen LogP contribution in [-0.2, 0) is 28.1 Å². The number of ether oxygens (including phenoxy) is 1. The summed E-state index contributed by atoms with van der Waals surface area (Å²) in [6, 6.07) is 11.7. The molecule has 0 aliphatic carbocycles. The fourth-order valence-corrected chi connectivity index (χ4v) is 4.74. The normalized spacial score (nSPS) is 19.1. The Hall–Kier alpha value is -4.14. The fourth-order valence-electron chi connectivity index (χ4n) is 4.74. The number of methoxy groups -OCH3 is 1. The highest BCUT2D eigenvalue weighted by atomic mass is 16.5. The average Bonchev–Trinajstić information content (AvgIpc) is 3.47. The van der Waals surface area contributed by atoms with Crippen molar-refractivity contribution in [3.05, 3.63) is 64.9 Å². The van der Waals surface area contributed by atoms with Gasteiger partial charge in [0.25, 0.3) is 11.8 Å². The number of amides is 4. The summed E-state index contributed by atoms with van der Waals surface area (Å²) in [5.41, 5.74) is 1.07. The minimum absolute atomic E-state index is 0.109. The number of carbonyl (C=O) groups excluding carboxylic acids is 4. The maximum absolute atomic E-state index is 13.2. The molecule has 9 nitrogen and oxygen atoms in total. The highest BCUT2D eigenvalue weighted by molar-refractivity contribution is 6.08. The Labute approximate surface area is 201 Å². The summed E-state index contributed by atoms with van der Waals surface area (Å²) in [5, 5.41) is 5.67. The number of nitrogens with zero attached hydrogens (tertiary/aromatic N) is 1. The molecule has 2 N–H and O–H groups in total. The Morgan fingerprint density at radius 2 is 1.97 bits per heavy atom. The van der Waals surface area contributed by atoms with Crippen LogP contribution in [0.25, 0.3) is 11.0 Å². The van der Waals surface area contributed by atoms with Gasteiger partial charge in [0.1, 0.15) is 22.9 Å². The first-order valence-electron chi connectivity index (χ1n) is 11.5. The van der Waals surface area contributed by atoms with Crippen molar-refractivity contribution in [3.63, 3.8) is 0 Å². The Morgan fingerprint density at radius 1 is 1.14 bits per heavy atom. The number of benzene rings is 2. The first-order chi connectivity index (χ1) is 16.8. The van der Waals surface area contributed by atoms with Gasteiger partial charge in [0, 0.05) is 30.3 Å². The maximum atomic E-state index is 13.2. The summed E-state index contributed by atoms with van der Waals surface area (Å²) in [6.45, 7) is 2.14. The highest BCUT2D eigenvalue weighted by Gasteiger charge is 2.53. The van der Waals surface area contributed by atoms with Gasteiger partial charge in [-0.2, -0.15) is 0 Å². The second kappa shape index (κ2) is 8.57. The molecule has 9 heteroatoms. The van der Waals surface area contributed by atoms with Crippen LogP contribution >= 0.6 is 0 Å². The monoisotopic (exact) mass is 475 g/mol. The standard InChI is InChI=1S/C26H25N3O6/c1-3-4-18(30)10-15-5-8-21-17(9-15)11-22(35-21)26(24(32)27-25(33)28-26)14-29-13-16-6-7-19(34-2)12-20(16)23(29)31/h5-9,11-12H,3-4,10,13-14H2,1-2H3,(H2,27,28,32,33)/t26-/m0/s1. The van der Waals surface area contributed by atoms with Crippen LogP contribution in [0, 0.1) is 0 Å². The molecule has 4 amide bonds. The number of Topliss-reactive ketones (excluding diaryl/α,β-unsaturated/α-hetero) is 1. The summed E-state index contributed by atoms with van der Waals surface area (Å²) in [4.78, 5) is 52.0. The van der Waals surface area contributed by atoms with E-state index in [4.69, 9.17) is 9.15 Å². The minimum atomic E-state index is -1.59. The molecule has 0 saturated carbocycles. The van der Waals surface area contributed by atoms with Crippen molar-refractivity contribution < 1.29 is 28.3 Å². The number of nitrogens with one attached hydrogen (secondary N) is 2. The number of hydrogen-bond donors (Lipinski definition) is 2. The molecule has 35 heavy (non-hydrogen) atoms. The zero-order chi connectivity index (χ0) is 24.7. The second-order valence-corrected chi connectivity index (χ2v) is 8.95. The van der Waals surface area contributed by atoms with Gasteiger partial charge in [0.2, 0.25) is 0 Å². The highest BCUT2D eigenvalue weighted by Crippen LogP contribution is 2.35. The smallest absolute Gasteiger partial charge is 0.322 e. The molecule has 0 unspecified atom stereocenters. The molecule has 1 saturated heterocycles. The number of rotatable bonds is 8. The largest absolute Gasteiger partial charge is 0.497 e. The molecule has 0 bridgehead atoms. The molecule has 180 valence electrons. The summed E-state index contributed by atoms with van der Waals surface area (Å²) < 4.78 is 11.3. The average molecular weight is 476 g/mol. The summed E-state index contributed by atoms with van der Waals surface area (Å²) in [6.07, 6.45) is 1.62. The molecular weight excluding hydrogens is 450 g/mol. The first-order valence-corrected chi connectivity index (χ1v) is 11.5. The van der Waals surface area contributed by atoms with E-state index in [1.807, 2.05) is 25.1 Å². The van der Waals surface area contributed by atoms with Gasteiger partial charge in [-0.3, -0.25) is 19.7 Å². The van der Waals surface area contributed by atoms with E-state index < -0.39 is 17.5 Å². The molecule has 1 atom stereocenters. The Balaban J connectivity index is 1.48. The molecule has 5 rings (SSSR count). The topological polar surface area (TPSA) is 118 Å². The lowest BCUT2D eigenvalue weighted by Crippen LogP contribution is -2.52. The second-order valence-electron chi connectivity index (χ2n) is 8.95. The summed E-state index contributed by atoms with van der Waals surface area (Å²) in [7, 11) is 1.53. The van der Waals surface area contributed by atoms with Crippen LogP contribution in [0.2, 0.25) is 0 Å². The van der Waals surface area contributed by atoms with Crippen molar-refractivity contribution in [2.24, 2.45) is 0 Å². The van der Waals surface area contributed by atoms with Crippen molar-refractivity contribution in [2.45, 2.75) is 38.3 Å². The number of hydrogen-bond acceptors (Lipinski definition) is 6. The van der Waals surface area contributed by atoms with E-state index in [1.54, 1.807) is 24.3 Å². The summed E-state index contributed by atoms with van der Waals surface area (Å²) >= 11 is 0. The third-order valence-corrected chi connectivity index (χ3v) is 6.50. The van der Waals surface area contributed by atoms with E-state index in [0.717, 1.165) is 17.5 Å². The number of imide groups is 1. The lowest BCUT2D eigenvalue weighted by atomic mass is 9.95. The Morgan fingerprint density at radius 3 is 2.69 bits per heavy atom. The van der Waals surface area contributed by atoms with Crippen LogP contribution in [0.4, 0.5) is 4.79 Å². The predicted molar refractivity (Wildman–Crippen MR) is 126 cm³/mol. The lowest BCUT2D eigenvalue weighted by Gasteiger charge is -2.29. The molecule has 0 spiro atoms. The van der Waals surface area contributed by atoms with Gasteiger partial charge in [0.15, 0.2) is 5.54 Å². The van der Waals surface area contributed by atoms with Gasteiger partial charge in [0.05, 0.1) is 13.7 Å². The number of fused-ring (bicyclic) bond motifs is 2. The molecule has 2 aliphatic rings. The van der Waals surface area contributed by atoms with E-state index in [2.05, 4.69) is 10.6 Å². The van der Waals surface area contributed by atoms with E-state index in [0.29, 0.717) is 35.1 Å². The Kier molecular flexibility index (Phi) is 5.55. The molecule has 2 aromatic carbocycles. The number of urea groups is 1. The fraction of sp³-hybridized carbons (Fsp3) is 0.308. The van der Waals surface area contributed by atoms with Crippen LogP contribution in [0.3, 0.4) is 0 Å². The molecule has 1 fully saturated rings. The van der Waals surface area contributed by atoms with Crippen molar-refractivity contribution in [1.29, 1.82) is 0 Å². The Bertz CT molecular complexity index is 1380. The van der Waals surface area contributed by atoms with Gasteiger partial charge in [-0.05, 0) is 47.9 Å². The van der Waals surface area contributed by atoms with E-state index in [9.17, 15) is 19.2 Å². The van der Waals surface area contributed by atoms with Gasteiger partial charge in [-0.1, -0.05) is 19.1 Å². The van der Waals surface area contributed by atoms with E-state index in [1.165, 1.54) is 12.0 Å². The minimum Gasteiger partial charge on any atom is -0.497 e. The van der Waals surface area contributed by atoms with Gasteiger partial charge >= 0.3 is 6.03 Å². The van der Waals surface area contributed by atoms with Crippen LogP contribution < -0.4 is 15.4 Å². The van der Waals surface area contributed by atoms with Gasteiger partial charge < -0.3 is 19.4 Å². The molecule has 1 aromatic heterocycles. The quantitative estimate of drug-likeness (QED) is 0.484. The molecular formula is C26H25N3O6. The SMILES string of the molecule is CCCC(=O)Cc1ccc2oc([C@]3(CN4Cc5ccc(OC)cc5C4=O)NC(=O)NC3=O)cc2c1. The van der Waals surface area contributed by atoms with Crippen LogP contribution in [0.15, 0.2) is 46.9 Å². The third-order valence-electron chi connectivity index (χ3n) is 6.50. The van der Waals surface area contributed by atoms with Crippen molar-refractivity contribution in [1.82, 2.24) is 15.5 Å².